The number of halogens is 4. The molecule has 0 radical (unpaired) electrons. The molecule has 0 spiro atoms. The number of anilines is 1. The highest BCUT2D eigenvalue weighted by Crippen LogP contribution is 2.37. The van der Waals surface area contributed by atoms with Crippen molar-refractivity contribution >= 4 is 35.0 Å². The van der Waals surface area contributed by atoms with Gasteiger partial charge in [0.2, 0.25) is 11.1 Å². The number of nitrogens with one attached hydrogen (secondary N) is 1. The lowest BCUT2D eigenvalue weighted by molar-refractivity contribution is -0.137. The number of nitrogens with two attached hydrogens (primary N) is 1. The van der Waals surface area contributed by atoms with E-state index in [2.05, 4.69) is 15.5 Å². The number of hydrogen-bond acceptors (Lipinski definition) is 6. The molecule has 1 unspecified atom stereocenters. The second-order valence-electron chi connectivity index (χ2n) is 7.32. The van der Waals surface area contributed by atoms with E-state index < -0.39 is 22.9 Å². The summed E-state index contributed by atoms with van der Waals surface area (Å²) in [7, 11) is 0. The maximum absolute atomic E-state index is 13.3. The Hall–Kier alpha value is -2.92. The molecule has 1 heterocycles. The topological polar surface area (TPSA) is 95.1 Å². The van der Waals surface area contributed by atoms with Crippen LogP contribution in [0.3, 0.4) is 0 Å². The molecule has 176 valence electrons. The van der Waals surface area contributed by atoms with Gasteiger partial charge in [0.25, 0.3) is 0 Å². The molecular formula is C21H21ClF3N5O2S. The monoisotopic (exact) mass is 499 g/mol. The first-order valence-electron chi connectivity index (χ1n) is 9.68. The van der Waals surface area contributed by atoms with Gasteiger partial charge in [-0.1, -0.05) is 29.4 Å². The molecule has 33 heavy (non-hydrogen) atoms. The van der Waals surface area contributed by atoms with Gasteiger partial charge < -0.3 is 15.9 Å². The van der Waals surface area contributed by atoms with E-state index >= 15 is 0 Å². The third kappa shape index (κ3) is 6.32. The molecule has 0 aliphatic heterocycles. The Bertz CT molecular complexity index is 1150. The molecule has 0 bridgehead atoms. The second kappa shape index (κ2) is 9.92. The normalized spacial score (nSPS) is 12.5. The van der Waals surface area contributed by atoms with E-state index in [-0.39, 0.29) is 22.5 Å². The van der Waals surface area contributed by atoms with Crippen LogP contribution in [-0.2, 0) is 17.6 Å². The van der Waals surface area contributed by atoms with Crippen molar-refractivity contribution in [3.05, 3.63) is 63.9 Å². The zero-order valence-electron chi connectivity index (χ0n) is 17.9. The summed E-state index contributed by atoms with van der Waals surface area (Å²) >= 11 is 6.62. The molecule has 7 nitrogen and oxygen atoms in total. The van der Waals surface area contributed by atoms with Gasteiger partial charge in [-0.15, -0.1) is 10.2 Å². The van der Waals surface area contributed by atoms with Crippen molar-refractivity contribution in [1.29, 1.82) is 0 Å². The lowest BCUT2D eigenvalue weighted by atomic mass is 10.1. The summed E-state index contributed by atoms with van der Waals surface area (Å²) in [5.74, 6) is 6.33. The summed E-state index contributed by atoms with van der Waals surface area (Å²) in [6.07, 6.45) is -4.67. The number of aryl methyl sites for hydroxylation is 2. The van der Waals surface area contributed by atoms with Crippen molar-refractivity contribution in [2.24, 2.45) is 0 Å². The zero-order valence-corrected chi connectivity index (χ0v) is 19.5. The summed E-state index contributed by atoms with van der Waals surface area (Å²) in [6, 6.07) is 8.89. The maximum Gasteiger partial charge on any atom is 0.418 e. The third-order valence-electron chi connectivity index (χ3n) is 4.49. The van der Waals surface area contributed by atoms with Crippen molar-refractivity contribution in [3.8, 4) is 5.75 Å². The van der Waals surface area contributed by atoms with Crippen LogP contribution in [0.25, 0.3) is 0 Å². The highest BCUT2D eigenvalue weighted by Gasteiger charge is 2.34. The summed E-state index contributed by atoms with van der Waals surface area (Å²) in [6.45, 7) is 5.47. The highest BCUT2D eigenvalue weighted by molar-refractivity contribution is 8.00. The average molecular weight is 500 g/mol. The molecular weight excluding hydrogens is 479 g/mol. The molecule has 3 rings (SSSR count). The number of thioether (sulfide) groups is 1. The van der Waals surface area contributed by atoms with Crippen molar-refractivity contribution < 1.29 is 22.7 Å². The Morgan fingerprint density at radius 2 is 1.88 bits per heavy atom. The quantitative estimate of drug-likeness (QED) is 0.352. The minimum absolute atomic E-state index is 0.0489. The molecule has 0 saturated carbocycles. The van der Waals surface area contributed by atoms with Gasteiger partial charge in [-0.3, -0.25) is 4.79 Å². The molecule has 0 saturated heterocycles. The Labute approximate surface area is 197 Å². The lowest BCUT2D eigenvalue weighted by Crippen LogP contribution is -2.25. The number of alkyl halides is 3. The van der Waals surface area contributed by atoms with Gasteiger partial charge in [0.15, 0.2) is 5.82 Å². The molecule has 3 N–H and O–H groups in total. The fraction of sp³-hybridized carbons (Fsp3) is 0.286. The van der Waals surface area contributed by atoms with Gasteiger partial charge in [-0.05, 0) is 62.2 Å². The van der Waals surface area contributed by atoms with E-state index in [0.29, 0.717) is 11.6 Å². The van der Waals surface area contributed by atoms with Crippen molar-refractivity contribution in [3.63, 3.8) is 0 Å². The van der Waals surface area contributed by atoms with Crippen molar-refractivity contribution in [1.82, 2.24) is 14.9 Å². The fourth-order valence-corrected chi connectivity index (χ4v) is 3.92. The molecule has 12 heteroatoms. The second-order valence-corrected chi connectivity index (χ2v) is 9.06. The van der Waals surface area contributed by atoms with Crippen LogP contribution >= 0.6 is 23.4 Å². The largest absolute Gasteiger partial charge is 0.486 e. The Balaban J connectivity index is 1.66. The van der Waals surface area contributed by atoms with Crippen LogP contribution in [0.1, 0.15) is 29.4 Å². The number of hydrogen-bond donors (Lipinski definition) is 2. The maximum atomic E-state index is 13.3. The SMILES string of the molecule is Cc1cc(C)cc(OCc2nnc(SC(C)C(=O)Nc3ccc(Cl)cc3C(F)(F)F)n2N)c1. The number of aromatic nitrogens is 3. The smallest absolute Gasteiger partial charge is 0.418 e. The fourth-order valence-electron chi connectivity index (χ4n) is 2.96. The minimum Gasteiger partial charge on any atom is -0.486 e. The number of carbonyl (C=O) groups excluding carboxylic acids is 1. The molecule has 2 aromatic carbocycles. The van der Waals surface area contributed by atoms with Crippen LogP contribution in [0.4, 0.5) is 18.9 Å². The number of rotatable bonds is 7. The van der Waals surface area contributed by atoms with Gasteiger partial charge in [-0.2, -0.15) is 13.2 Å². The minimum atomic E-state index is -4.67. The third-order valence-corrected chi connectivity index (χ3v) is 5.79. The van der Waals surface area contributed by atoms with Gasteiger partial charge in [0.1, 0.15) is 12.4 Å². The van der Waals surface area contributed by atoms with Crippen LogP contribution in [0, 0.1) is 13.8 Å². The molecule has 0 fully saturated rings. The predicted octanol–water partition coefficient (Wildman–Crippen LogP) is 4.98. The molecule has 0 aliphatic carbocycles. The molecule has 3 aromatic rings. The summed E-state index contributed by atoms with van der Waals surface area (Å²) in [5.41, 5.74) is 0.670. The molecule has 1 amide bonds. The van der Waals surface area contributed by atoms with Crippen LogP contribution in [0.15, 0.2) is 41.6 Å². The van der Waals surface area contributed by atoms with Gasteiger partial charge in [-0.25, -0.2) is 4.68 Å². The summed E-state index contributed by atoms with van der Waals surface area (Å²) in [4.78, 5) is 12.5. The average Bonchev–Trinajstić information content (AvgIpc) is 3.05. The number of nitrogens with zero attached hydrogens (tertiary/aromatic N) is 3. The van der Waals surface area contributed by atoms with E-state index in [1.54, 1.807) is 0 Å². The first-order chi connectivity index (χ1) is 15.4. The summed E-state index contributed by atoms with van der Waals surface area (Å²) < 4.78 is 46.7. The number of benzene rings is 2. The van der Waals surface area contributed by atoms with E-state index in [1.807, 2.05) is 32.0 Å². The van der Waals surface area contributed by atoms with Crippen LogP contribution in [-0.4, -0.2) is 26.0 Å². The van der Waals surface area contributed by atoms with Crippen LogP contribution in [0.5, 0.6) is 5.75 Å². The molecule has 1 aromatic heterocycles. The predicted molar refractivity (Wildman–Crippen MR) is 121 cm³/mol. The highest BCUT2D eigenvalue weighted by atomic mass is 35.5. The summed E-state index contributed by atoms with van der Waals surface area (Å²) in [5, 5.41) is 9.52. The van der Waals surface area contributed by atoms with Gasteiger partial charge >= 0.3 is 6.18 Å². The number of nitrogen functional groups attached to an aromatic ring is 1. The van der Waals surface area contributed by atoms with E-state index in [4.69, 9.17) is 22.2 Å². The zero-order chi connectivity index (χ0) is 24.3. The first-order valence-corrected chi connectivity index (χ1v) is 10.9. The van der Waals surface area contributed by atoms with Gasteiger partial charge in [0, 0.05) is 5.02 Å². The van der Waals surface area contributed by atoms with E-state index in [0.717, 1.165) is 35.0 Å². The van der Waals surface area contributed by atoms with Gasteiger partial charge in [0.05, 0.1) is 16.5 Å². The molecule has 1 atom stereocenters. The molecule has 0 aliphatic rings. The van der Waals surface area contributed by atoms with Crippen LogP contribution < -0.4 is 15.9 Å². The first kappa shape index (κ1) is 24.7. The van der Waals surface area contributed by atoms with Crippen molar-refractivity contribution in [2.45, 2.75) is 44.0 Å². The Morgan fingerprint density at radius 3 is 2.52 bits per heavy atom. The Morgan fingerprint density at radius 1 is 1.21 bits per heavy atom. The lowest BCUT2D eigenvalue weighted by Gasteiger charge is -2.16. The van der Waals surface area contributed by atoms with E-state index in [9.17, 15) is 18.0 Å². The van der Waals surface area contributed by atoms with E-state index in [1.165, 1.54) is 17.7 Å². The number of ether oxygens (including phenoxy) is 1. The number of carbonyl (C=O) groups is 1. The van der Waals surface area contributed by atoms with Crippen molar-refractivity contribution in [2.75, 3.05) is 11.2 Å². The Kier molecular flexibility index (Phi) is 7.43. The van der Waals surface area contributed by atoms with Crippen LogP contribution in [0.2, 0.25) is 5.02 Å². The number of amides is 1. The standard InChI is InChI=1S/C21H21ClF3N5O2S/c1-11-6-12(2)8-15(7-11)32-10-18-28-29-20(30(18)26)33-13(3)19(31)27-17-5-4-14(22)9-16(17)21(23,24)25/h4-9,13H,10,26H2,1-3H3,(H,27,31).